The number of benzene rings is 1. The second kappa shape index (κ2) is 4.73. The Morgan fingerprint density at radius 2 is 1.78 bits per heavy atom. The number of aryl methyl sites for hydroxylation is 1. The minimum atomic E-state index is 0.311. The fraction of sp³-hybridized carbons (Fsp3) is 0.429. The third kappa shape index (κ3) is 2.03. The van der Waals surface area contributed by atoms with Crippen molar-refractivity contribution >= 4 is 28.2 Å². The highest BCUT2D eigenvalue weighted by Crippen LogP contribution is 2.28. The molecule has 2 heterocycles. The van der Waals surface area contributed by atoms with E-state index in [4.69, 9.17) is 11.6 Å². The molecule has 94 valence electrons. The molecule has 0 saturated carbocycles. The van der Waals surface area contributed by atoms with Gasteiger partial charge in [-0.05, 0) is 19.8 Å². The molecule has 1 aromatic heterocycles. The van der Waals surface area contributed by atoms with Gasteiger partial charge in [0.1, 0.15) is 0 Å². The van der Waals surface area contributed by atoms with Gasteiger partial charge in [-0.15, -0.1) is 16.7 Å². The molecule has 0 radical (unpaired) electrons. The van der Waals surface area contributed by atoms with Crippen LogP contribution in [-0.4, -0.2) is 28.7 Å². The summed E-state index contributed by atoms with van der Waals surface area (Å²) >= 11 is 6.15. The SMILES string of the molecule is Cc1nnc(N2CCC(Cl)CC2)c2ccccc12. The van der Waals surface area contributed by atoms with E-state index in [1.807, 2.05) is 13.0 Å². The molecule has 18 heavy (non-hydrogen) atoms. The minimum Gasteiger partial charge on any atom is -0.355 e. The summed E-state index contributed by atoms with van der Waals surface area (Å²) in [6, 6.07) is 8.34. The molecule has 0 amide bonds. The Morgan fingerprint density at radius 3 is 2.50 bits per heavy atom. The summed E-state index contributed by atoms with van der Waals surface area (Å²) < 4.78 is 0. The van der Waals surface area contributed by atoms with Crippen LogP contribution in [0.4, 0.5) is 5.82 Å². The molecule has 2 aromatic rings. The molecule has 0 spiro atoms. The normalized spacial score (nSPS) is 17.3. The third-order valence-corrected chi connectivity index (χ3v) is 4.01. The zero-order valence-electron chi connectivity index (χ0n) is 10.4. The average Bonchev–Trinajstić information content (AvgIpc) is 2.41. The Labute approximate surface area is 112 Å². The molecule has 4 heteroatoms. The van der Waals surface area contributed by atoms with Gasteiger partial charge in [0.05, 0.1) is 5.69 Å². The number of hydrogen-bond acceptors (Lipinski definition) is 3. The number of piperidine rings is 1. The fourth-order valence-electron chi connectivity index (χ4n) is 2.52. The molecule has 1 aliphatic rings. The number of aromatic nitrogens is 2. The van der Waals surface area contributed by atoms with Crippen molar-refractivity contribution < 1.29 is 0 Å². The van der Waals surface area contributed by atoms with Gasteiger partial charge >= 0.3 is 0 Å². The summed E-state index contributed by atoms with van der Waals surface area (Å²) in [6.45, 7) is 3.94. The molecule has 0 unspecified atom stereocenters. The average molecular weight is 262 g/mol. The molecule has 1 saturated heterocycles. The molecule has 1 fully saturated rings. The number of nitrogens with zero attached hydrogens (tertiary/aromatic N) is 3. The van der Waals surface area contributed by atoms with Gasteiger partial charge in [-0.2, -0.15) is 5.10 Å². The number of fused-ring (bicyclic) bond motifs is 1. The van der Waals surface area contributed by atoms with Crippen molar-refractivity contribution in [3.8, 4) is 0 Å². The van der Waals surface area contributed by atoms with E-state index in [9.17, 15) is 0 Å². The van der Waals surface area contributed by atoms with Gasteiger partial charge in [0.15, 0.2) is 5.82 Å². The zero-order chi connectivity index (χ0) is 12.5. The maximum absolute atomic E-state index is 6.15. The van der Waals surface area contributed by atoms with E-state index in [1.165, 1.54) is 10.8 Å². The van der Waals surface area contributed by atoms with Crippen molar-refractivity contribution in [3.05, 3.63) is 30.0 Å². The lowest BCUT2D eigenvalue weighted by Gasteiger charge is -2.30. The lowest BCUT2D eigenvalue weighted by molar-refractivity contribution is 0.579. The lowest BCUT2D eigenvalue weighted by Crippen LogP contribution is -2.34. The van der Waals surface area contributed by atoms with Crippen LogP contribution in [0.25, 0.3) is 10.8 Å². The van der Waals surface area contributed by atoms with Crippen LogP contribution in [0.15, 0.2) is 24.3 Å². The van der Waals surface area contributed by atoms with Crippen LogP contribution >= 0.6 is 11.6 Å². The first-order valence-electron chi connectivity index (χ1n) is 6.37. The van der Waals surface area contributed by atoms with Gasteiger partial charge in [0.2, 0.25) is 0 Å². The molecule has 3 nitrogen and oxygen atoms in total. The first kappa shape index (κ1) is 11.7. The van der Waals surface area contributed by atoms with Crippen LogP contribution in [-0.2, 0) is 0 Å². The van der Waals surface area contributed by atoms with Crippen molar-refractivity contribution in [1.29, 1.82) is 0 Å². The van der Waals surface area contributed by atoms with Crippen LogP contribution in [0, 0.1) is 6.92 Å². The molecular weight excluding hydrogens is 246 g/mol. The standard InChI is InChI=1S/C14H16ClN3/c1-10-12-4-2-3-5-13(12)14(17-16-10)18-8-6-11(15)7-9-18/h2-5,11H,6-9H2,1H3. The molecule has 0 bridgehead atoms. The maximum atomic E-state index is 6.15. The van der Waals surface area contributed by atoms with Crippen LogP contribution in [0.2, 0.25) is 0 Å². The number of rotatable bonds is 1. The Balaban J connectivity index is 2.04. The van der Waals surface area contributed by atoms with Gasteiger partial charge in [-0.25, -0.2) is 0 Å². The van der Waals surface area contributed by atoms with E-state index in [0.717, 1.165) is 37.4 Å². The zero-order valence-corrected chi connectivity index (χ0v) is 11.2. The second-order valence-corrected chi connectivity index (χ2v) is 5.43. The first-order chi connectivity index (χ1) is 8.75. The van der Waals surface area contributed by atoms with Crippen molar-refractivity contribution in [2.24, 2.45) is 0 Å². The molecule has 0 atom stereocenters. The van der Waals surface area contributed by atoms with Gasteiger partial charge in [0.25, 0.3) is 0 Å². The summed E-state index contributed by atoms with van der Waals surface area (Å²) in [4.78, 5) is 2.30. The predicted molar refractivity (Wildman–Crippen MR) is 75.4 cm³/mol. The largest absolute Gasteiger partial charge is 0.355 e. The quantitative estimate of drug-likeness (QED) is 0.739. The molecular formula is C14H16ClN3. The van der Waals surface area contributed by atoms with E-state index < -0.39 is 0 Å². The first-order valence-corrected chi connectivity index (χ1v) is 6.80. The third-order valence-electron chi connectivity index (χ3n) is 3.58. The monoisotopic (exact) mass is 261 g/mol. The smallest absolute Gasteiger partial charge is 0.159 e. The van der Waals surface area contributed by atoms with E-state index in [0.29, 0.717) is 5.38 Å². The minimum absolute atomic E-state index is 0.311. The Bertz CT molecular complexity index is 562. The summed E-state index contributed by atoms with van der Waals surface area (Å²) in [7, 11) is 0. The number of alkyl halides is 1. The lowest BCUT2D eigenvalue weighted by atomic mass is 10.1. The highest BCUT2D eigenvalue weighted by atomic mass is 35.5. The summed E-state index contributed by atoms with van der Waals surface area (Å²) in [5, 5.41) is 11.4. The van der Waals surface area contributed by atoms with Gasteiger partial charge < -0.3 is 4.90 Å². The van der Waals surface area contributed by atoms with Crippen molar-refractivity contribution in [1.82, 2.24) is 10.2 Å². The van der Waals surface area contributed by atoms with E-state index in [1.54, 1.807) is 0 Å². The van der Waals surface area contributed by atoms with E-state index in [2.05, 4.69) is 33.3 Å². The molecule has 1 aliphatic heterocycles. The topological polar surface area (TPSA) is 29.0 Å². The molecule has 3 rings (SSSR count). The summed E-state index contributed by atoms with van der Waals surface area (Å²) in [6.07, 6.45) is 2.04. The Morgan fingerprint density at radius 1 is 1.11 bits per heavy atom. The highest BCUT2D eigenvalue weighted by molar-refractivity contribution is 6.20. The Hall–Kier alpha value is -1.35. The van der Waals surface area contributed by atoms with Crippen LogP contribution in [0.1, 0.15) is 18.5 Å². The van der Waals surface area contributed by atoms with Crippen LogP contribution in [0.5, 0.6) is 0 Å². The fourth-order valence-corrected chi connectivity index (χ4v) is 2.71. The van der Waals surface area contributed by atoms with Gasteiger partial charge in [-0.3, -0.25) is 0 Å². The van der Waals surface area contributed by atoms with Crippen molar-refractivity contribution in [2.75, 3.05) is 18.0 Å². The summed E-state index contributed by atoms with van der Waals surface area (Å²) in [5.74, 6) is 1.000. The van der Waals surface area contributed by atoms with E-state index >= 15 is 0 Å². The van der Waals surface area contributed by atoms with Crippen LogP contribution in [0.3, 0.4) is 0 Å². The number of hydrogen-bond donors (Lipinski definition) is 0. The molecule has 1 aromatic carbocycles. The van der Waals surface area contributed by atoms with Gasteiger partial charge in [0, 0.05) is 29.2 Å². The summed E-state index contributed by atoms with van der Waals surface area (Å²) in [5.41, 5.74) is 0.988. The highest BCUT2D eigenvalue weighted by Gasteiger charge is 2.20. The maximum Gasteiger partial charge on any atom is 0.159 e. The Kier molecular flexibility index (Phi) is 3.08. The number of halogens is 1. The molecule has 0 aliphatic carbocycles. The van der Waals surface area contributed by atoms with E-state index in [-0.39, 0.29) is 0 Å². The number of anilines is 1. The van der Waals surface area contributed by atoms with Gasteiger partial charge in [-0.1, -0.05) is 24.3 Å². The van der Waals surface area contributed by atoms with Crippen LogP contribution < -0.4 is 4.90 Å². The predicted octanol–water partition coefficient (Wildman–Crippen LogP) is 3.15. The van der Waals surface area contributed by atoms with Crippen molar-refractivity contribution in [2.45, 2.75) is 25.1 Å². The second-order valence-electron chi connectivity index (χ2n) is 4.82. The van der Waals surface area contributed by atoms with Crippen molar-refractivity contribution in [3.63, 3.8) is 0 Å². The molecule has 0 N–H and O–H groups in total.